The van der Waals surface area contributed by atoms with Gasteiger partial charge in [0.05, 0.1) is 12.8 Å². The Labute approximate surface area is 142 Å². The molecule has 0 aliphatic rings. The zero-order valence-corrected chi connectivity index (χ0v) is 14.1. The van der Waals surface area contributed by atoms with Crippen LogP contribution < -0.4 is 15.8 Å². The molecular formula is C20H21N3O. The molecule has 1 heterocycles. The van der Waals surface area contributed by atoms with Crippen LogP contribution in [0.4, 0.5) is 17.2 Å². The van der Waals surface area contributed by atoms with Gasteiger partial charge in [-0.15, -0.1) is 0 Å². The van der Waals surface area contributed by atoms with Gasteiger partial charge in [-0.2, -0.15) is 0 Å². The first-order valence-electron chi connectivity index (χ1n) is 7.80. The summed E-state index contributed by atoms with van der Waals surface area (Å²) in [5.74, 6) is 1.48. The largest absolute Gasteiger partial charge is 0.495 e. The Morgan fingerprint density at radius 1 is 0.917 bits per heavy atom. The maximum atomic E-state index is 6.01. The number of nitrogens with two attached hydrogens (primary N) is 1. The van der Waals surface area contributed by atoms with Gasteiger partial charge < -0.3 is 15.8 Å². The molecule has 1 aromatic heterocycles. The standard InChI is InChI=1S/C20H21N3O/c1-13-8-14(2)10-17(9-13)23-20-12-16(6-7-22-20)15-4-5-19(24-3)18(21)11-15/h4-12H,21H2,1-3H3,(H,22,23). The van der Waals surface area contributed by atoms with E-state index in [2.05, 4.69) is 42.3 Å². The molecule has 24 heavy (non-hydrogen) atoms. The van der Waals surface area contributed by atoms with Gasteiger partial charge in [0, 0.05) is 11.9 Å². The van der Waals surface area contributed by atoms with Gasteiger partial charge >= 0.3 is 0 Å². The van der Waals surface area contributed by atoms with Crippen molar-refractivity contribution in [3.63, 3.8) is 0 Å². The zero-order chi connectivity index (χ0) is 17.1. The Hall–Kier alpha value is -3.01. The van der Waals surface area contributed by atoms with Gasteiger partial charge in [0.15, 0.2) is 0 Å². The molecule has 3 aromatic rings. The van der Waals surface area contributed by atoms with Gasteiger partial charge in [-0.25, -0.2) is 4.98 Å². The number of nitrogen functional groups attached to an aromatic ring is 1. The van der Waals surface area contributed by atoms with Crippen LogP contribution in [0.3, 0.4) is 0 Å². The van der Waals surface area contributed by atoms with Gasteiger partial charge in [0.25, 0.3) is 0 Å². The lowest BCUT2D eigenvalue weighted by Crippen LogP contribution is -1.96. The van der Waals surface area contributed by atoms with Crippen LogP contribution in [-0.4, -0.2) is 12.1 Å². The van der Waals surface area contributed by atoms with Crippen LogP contribution >= 0.6 is 0 Å². The SMILES string of the molecule is COc1ccc(-c2ccnc(Nc3cc(C)cc(C)c3)c2)cc1N. The minimum atomic E-state index is 0.621. The van der Waals surface area contributed by atoms with Crippen molar-refractivity contribution >= 4 is 17.2 Å². The second-order valence-corrected chi connectivity index (χ2v) is 5.89. The molecule has 0 unspecified atom stereocenters. The average molecular weight is 319 g/mol. The van der Waals surface area contributed by atoms with Gasteiger partial charge in [0.1, 0.15) is 11.6 Å². The number of anilines is 3. The number of aryl methyl sites for hydroxylation is 2. The summed E-state index contributed by atoms with van der Waals surface area (Å²) in [6.45, 7) is 4.17. The first kappa shape index (κ1) is 15.9. The molecule has 0 amide bonds. The third-order valence-electron chi connectivity index (χ3n) is 3.82. The van der Waals surface area contributed by atoms with Crippen LogP contribution in [0.5, 0.6) is 5.75 Å². The van der Waals surface area contributed by atoms with Crippen LogP contribution in [0.1, 0.15) is 11.1 Å². The molecule has 0 spiro atoms. The highest BCUT2D eigenvalue weighted by atomic mass is 16.5. The molecule has 0 fully saturated rings. The molecular weight excluding hydrogens is 298 g/mol. The Morgan fingerprint density at radius 3 is 2.29 bits per heavy atom. The molecule has 0 bridgehead atoms. The highest BCUT2D eigenvalue weighted by molar-refractivity contribution is 5.73. The molecule has 0 atom stereocenters. The molecule has 0 radical (unpaired) electrons. The lowest BCUT2D eigenvalue weighted by atomic mass is 10.1. The number of pyridine rings is 1. The van der Waals surface area contributed by atoms with Crippen molar-refractivity contribution in [1.82, 2.24) is 4.98 Å². The predicted octanol–water partition coefficient (Wildman–Crippen LogP) is 4.70. The quantitative estimate of drug-likeness (QED) is 0.684. The molecule has 0 aliphatic heterocycles. The number of methoxy groups -OCH3 is 1. The molecule has 122 valence electrons. The number of nitrogens with zero attached hydrogens (tertiary/aromatic N) is 1. The topological polar surface area (TPSA) is 60.2 Å². The fraction of sp³-hybridized carbons (Fsp3) is 0.150. The maximum absolute atomic E-state index is 6.01. The van der Waals surface area contributed by atoms with Gasteiger partial charge in [-0.05, 0) is 72.5 Å². The maximum Gasteiger partial charge on any atom is 0.141 e. The molecule has 3 rings (SSSR count). The first-order chi connectivity index (χ1) is 11.5. The molecule has 3 N–H and O–H groups in total. The summed E-state index contributed by atoms with van der Waals surface area (Å²) in [6.07, 6.45) is 1.79. The fourth-order valence-corrected chi connectivity index (χ4v) is 2.79. The van der Waals surface area contributed by atoms with E-state index < -0.39 is 0 Å². The average Bonchev–Trinajstić information content (AvgIpc) is 2.54. The Kier molecular flexibility index (Phi) is 4.38. The van der Waals surface area contributed by atoms with Crippen LogP contribution in [0.25, 0.3) is 11.1 Å². The number of hydrogen-bond donors (Lipinski definition) is 2. The number of ether oxygens (including phenoxy) is 1. The van der Waals surface area contributed by atoms with Crippen LogP contribution in [0.15, 0.2) is 54.7 Å². The lowest BCUT2D eigenvalue weighted by molar-refractivity contribution is 0.417. The summed E-state index contributed by atoms with van der Waals surface area (Å²) < 4.78 is 5.21. The number of aromatic nitrogens is 1. The van der Waals surface area contributed by atoms with E-state index in [0.29, 0.717) is 11.4 Å². The van der Waals surface area contributed by atoms with Crippen molar-refractivity contribution in [3.05, 3.63) is 65.9 Å². The summed E-state index contributed by atoms with van der Waals surface area (Å²) in [5.41, 5.74) is 12.2. The molecule has 4 nitrogen and oxygen atoms in total. The molecule has 0 aliphatic carbocycles. The van der Waals surface area contributed by atoms with Crippen molar-refractivity contribution in [3.8, 4) is 16.9 Å². The van der Waals surface area contributed by atoms with Gasteiger partial charge in [0.2, 0.25) is 0 Å². The minimum Gasteiger partial charge on any atom is -0.495 e. The van der Waals surface area contributed by atoms with E-state index in [-0.39, 0.29) is 0 Å². The summed E-state index contributed by atoms with van der Waals surface area (Å²) in [5, 5.41) is 3.37. The third-order valence-corrected chi connectivity index (χ3v) is 3.82. The van der Waals surface area contributed by atoms with E-state index in [9.17, 15) is 0 Å². The van der Waals surface area contributed by atoms with E-state index in [1.54, 1.807) is 13.3 Å². The highest BCUT2D eigenvalue weighted by Gasteiger charge is 2.05. The molecule has 4 heteroatoms. The van der Waals surface area contributed by atoms with Crippen LogP contribution in [0, 0.1) is 13.8 Å². The van der Waals surface area contributed by atoms with E-state index >= 15 is 0 Å². The lowest BCUT2D eigenvalue weighted by Gasteiger charge is -2.11. The molecule has 0 saturated heterocycles. The summed E-state index contributed by atoms with van der Waals surface area (Å²) in [4.78, 5) is 4.41. The normalized spacial score (nSPS) is 10.5. The second-order valence-electron chi connectivity index (χ2n) is 5.89. The van der Waals surface area contributed by atoms with Crippen LogP contribution in [0.2, 0.25) is 0 Å². The Bertz CT molecular complexity index is 854. The van der Waals surface area contributed by atoms with Crippen molar-refractivity contribution in [2.24, 2.45) is 0 Å². The Balaban J connectivity index is 1.90. The van der Waals surface area contributed by atoms with E-state index in [0.717, 1.165) is 22.6 Å². The smallest absolute Gasteiger partial charge is 0.141 e. The third kappa shape index (κ3) is 3.49. The monoisotopic (exact) mass is 319 g/mol. The molecule has 2 aromatic carbocycles. The minimum absolute atomic E-state index is 0.621. The number of rotatable bonds is 4. The summed E-state index contributed by atoms with van der Waals surface area (Å²) >= 11 is 0. The van der Waals surface area contributed by atoms with Crippen molar-refractivity contribution in [2.75, 3.05) is 18.2 Å². The predicted molar refractivity (Wildman–Crippen MR) is 99.8 cm³/mol. The highest BCUT2D eigenvalue weighted by Crippen LogP contribution is 2.29. The second kappa shape index (κ2) is 6.62. The van der Waals surface area contributed by atoms with E-state index in [1.165, 1.54) is 11.1 Å². The first-order valence-corrected chi connectivity index (χ1v) is 7.80. The molecule has 0 saturated carbocycles. The number of benzene rings is 2. The van der Waals surface area contributed by atoms with E-state index in [4.69, 9.17) is 10.5 Å². The van der Waals surface area contributed by atoms with Gasteiger partial charge in [-0.1, -0.05) is 12.1 Å². The van der Waals surface area contributed by atoms with Crippen molar-refractivity contribution in [2.45, 2.75) is 13.8 Å². The summed E-state index contributed by atoms with van der Waals surface area (Å²) in [6, 6.07) is 16.1. The van der Waals surface area contributed by atoms with Gasteiger partial charge in [-0.3, -0.25) is 0 Å². The number of nitrogens with one attached hydrogen (secondary N) is 1. The zero-order valence-electron chi connectivity index (χ0n) is 14.1. The van der Waals surface area contributed by atoms with Crippen molar-refractivity contribution < 1.29 is 4.74 Å². The summed E-state index contributed by atoms with van der Waals surface area (Å²) in [7, 11) is 1.61. The van der Waals surface area contributed by atoms with E-state index in [1.807, 2.05) is 30.3 Å². The van der Waals surface area contributed by atoms with Crippen molar-refractivity contribution in [1.29, 1.82) is 0 Å². The van der Waals surface area contributed by atoms with Crippen LogP contribution in [-0.2, 0) is 0 Å². The number of hydrogen-bond acceptors (Lipinski definition) is 4. The fourth-order valence-electron chi connectivity index (χ4n) is 2.79. The Morgan fingerprint density at radius 2 is 1.62 bits per heavy atom.